The van der Waals surface area contributed by atoms with Crippen molar-refractivity contribution in [3.05, 3.63) is 11.9 Å². The summed E-state index contributed by atoms with van der Waals surface area (Å²) < 4.78 is 4.78. The van der Waals surface area contributed by atoms with E-state index in [4.69, 9.17) is 4.74 Å². The second-order valence-corrected chi connectivity index (χ2v) is 2.77. The van der Waals surface area contributed by atoms with Crippen LogP contribution in [0.3, 0.4) is 0 Å². The maximum Gasteiger partial charge on any atom is 1.00 e. The van der Waals surface area contributed by atoms with E-state index in [-0.39, 0.29) is 30.3 Å². The Kier molecular flexibility index (Phi) is 5.12. The third-order valence-electron chi connectivity index (χ3n) is 1.56. The van der Waals surface area contributed by atoms with Gasteiger partial charge in [0.25, 0.3) is 0 Å². The second kappa shape index (κ2) is 5.59. The topological polar surface area (TPSA) is 78.4 Å². The number of ether oxygens (including phenoxy) is 1. The molecule has 1 heterocycles. The minimum absolute atomic E-state index is 0. The molecule has 0 spiro atoms. The fourth-order valence-corrected chi connectivity index (χ4v) is 0.873. The van der Waals surface area contributed by atoms with Crippen molar-refractivity contribution >= 4 is 11.9 Å². The van der Waals surface area contributed by atoms with Crippen molar-refractivity contribution < 1.29 is 33.5 Å². The number of anilines is 1. The first kappa shape index (κ1) is 13.7. The molecule has 0 amide bonds. The Hall–Kier alpha value is -1.25. The van der Waals surface area contributed by atoms with Crippen LogP contribution in [-0.2, 0) is 0 Å². The van der Waals surface area contributed by atoms with Crippen molar-refractivity contribution in [2.75, 3.05) is 26.1 Å². The third-order valence-corrected chi connectivity index (χ3v) is 1.56. The molecule has 15 heavy (non-hydrogen) atoms. The summed E-state index contributed by atoms with van der Waals surface area (Å²) in [5, 5.41) is 10.7. The molecule has 0 aliphatic carbocycles. The van der Waals surface area contributed by atoms with Crippen molar-refractivity contribution in [3.63, 3.8) is 0 Å². The molecule has 1 aromatic rings. The molecule has 1 aromatic heterocycles. The molecular weight excluding hydrogens is 193 g/mol. The Morgan fingerprint density at radius 3 is 2.53 bits per heavy atom. The summed E-state index contributed by atoms with van der Waals surface area (Å²) in [4.78, 5) is 19.9. The molecule has 0 radical (unpaired) electrons. The number of carboxylic acid groups (broad SMARTS) is 1. The zero-order valence-corrected chi connectivity index (χ0v) is 9.14. The van der Waals surface area contributed by atoms with Gasteiger partial charge in [0, 0.05) is 14.1 Å². The van der Waals surface area contributed by atoms with Crippen molar-refractivity contribution in [1.29, 1.82) is 0 Å². The number of hydrogen-bond acceptors (Lipinski definition) is 6. The van der Waals surface area contributed by atoms with Gasteiger partial charge in [-0.2, -0.15) is 0 Å². The van der Waals surface area contributed by atoms with E-state index in [0.717, 1.165) is 0 Å². The van der Waals surface area contributed by atoms with E-state index < -0.39 is 5.97 Å². The van der Waals surface area contributed by atoms with Gasteiger partial charge in [-0.05, 0) is 0 Å². The van der Waals surface area contributed by atoms with E-state index >= 15 is 0 Å². The van der Waals surface area contributed by atoms with Crippen LogP contribution in [0.5, 0.6) is 5.75 Å². The predicted octanol–water partition coefficient (Wildman–Crippen LogP) is -4.08. The van der Waals surface area contributed by atoms with Crippen LogP contribution in [0.4, 0.5) is 5.95 Å². The summed E-state index contributed by atoms with van der Waals surface area (Å²) in [5.41, 5.74) is -0.244. The molecule has 0 aromatic carbocycles. The van der Waals surface area contributed by atoms with Crippen LogP contribution in [0, 0.1) is 0 Å². The second-order valence-electron chi connectivity index (χ2n) is 2.77. The summed E-state index contributed by atoms with van der Waals surface area (Å²) in [6.07, 6.45) is 1.30. The van der Waals surface area contributed by atoms with E-state index in [2.05, 4.69) is 9.97 Å². The van der Waals surface area contributed by atoms with Crippen LogP contribution < -0.4 is 33.6 Å². The number of hydrogen-bond donors (Lipinski definition) is 0. The Balaban J connectivity index is 0.00000196. The minimum Gasteiger partial charge on any atom is -0.543 e. The van der Waals surface area contributed by atoms with Crippen molar-refractivity contribution in [2.45, 2.75) is 0 Å². The molecule has 0 saturated heterocycles. The molecule has 0 aliphatic heterocycles. The average molecular weight is 203 g/mol. The smallest absolute Gasteiger partial charge is 0.543 e. The molecule has 7 heteroatoms. The summed E-state index contributed by atoms with van der Waals surface area (Å²) in [6.45, 7) is 0. The van der Waals surface area contributed by atoms with Crippen molar-refractivity contribution in [3.8, 4) is 5.75 Å². The number of rotatable bonds is 3. The first-order chi connectivity index (χ1) is 6.56. The molecule has 76 valence electrons. The van der Waals surface area contributed by atoms with Gasteiger partial charge in [-0.3, -0.25) is 0 Å². The van der Waals surface area contributed by atoms with E-state index in [1.54, 1.807) is 19.0 Å². The van der Waals surface area contributed by atoms with Crippen LogP contribution >= 0.6 is 0 Å². The molecule has 0 unspecified atom stereocenters. The van der Waals surface area contributed by atoms with Gasteiger partial charge in [-0.1, -0.05) is 0 Å². The van der Waals surface area contributed by atoms with Gasteiger partial charge in [0.05, 0.1) is 19.3 Å². The number of carbonyl (C=O) groups excluding carboxylic acids is 1. The fourth-order valence-electron chi connectivity index (χ4n) is 0.873. The van der Waals surface area contributed by atoms with Crippen LogP contribution in [-0.4, -0.2) is 37.1 Å². The molecule has 0 saturated carbocycles. The monoisotopic (exact) mass is 203 g/mol. The maximum atomic E-state index is 10.7. The normalized spacial score (nSPS) is 9.00. The summed E-state index contributed by atoms with van der Waals surface area (Å²) in [6, 6.07) is 0. The van der Waals surface area contributed by atoms with Gasteiger partial charge >= 0.3 is 18.9 Å². The van der Waals surface area contributed by atoms with Crippen LogP contribution in [0.1, 0.15) is 10.5 Å². The predicted molar refractivity (Wildman–Crippen MR) is 47.2 cm³/mol. The minimum atomic E-state index is -1.38. The summed E-state index contributed by atoms with van der Waals surface area (Å²) in [7, 11) is 4.77. The van der Waals surface area contributed by atoms with Gasteiger partial charge in [-0.15, -0.1) is 0 Å². The van der Waals surface area contributed by atoms with E-state index in [1.807, 2.05) is 0 Å². The number of carboxylic acids is 1. The zero-order valence-electron chi connectivity index (χ0n) is 9.14. The van der Waals surface area contributed by atoms with E-state index in [1.165, 1.54) is 13.3 Å². The quantitative estimate of drug-likeness (QED) is 0.465. The van der Waals surface area contributed by atoms with Crippen molar-refractivity contribution in [2.24, 2.45) is 0 Å². The van der Waals surface area contributed by atoms with E-state index in [9.17, 15) is 9.90 Å². The van der Waals surface area contributed by atoms with Gasteiger partial charge in [0.15, 0.2) is 5.75 Å². The fraction of sp³-hybridized carbons (Fsp3) is 0.375. The molecule has 0 bridgehead atoms. The van der Waals surface area contributed by atoms with Gasteiger partial charge in [0.1, 0.15) is 5.69 Å². The number of methoxy groups -OCH3 is 1. The van der Waals surface area contributed by atoms with Gasteiger partial charge in [0.2, 0.25) is 5.95 Å². The summed E-state index contributed by atoms with van der Waals surface area (Å²) in [5.74, 6) is -0.993. The molecular formula is C8H10LiN3O3. The molecule has 0 fully saturated rings. The Morgan fingerprint density at radius 2 is 2.13 bits per heavy atom. The molecule has 1 rings (SSSR count). The summed E-state index contributed by atoms with van der Waals surface area (Å²) >= 11 is 0. The number of carbonyl (C=O) groups is 1. The first-order valence-corrected chi connectivity index (χ1v) is 3.86. The largest absolute Gasteiger partial charge is 1.00 e. The molecule has 6 nitrogen and oxygen atoms in total. The standard InChI is InChI=1S/C8H11N3O3.Li/c1-11(2)8-9-4-5(14-3)6(10-8)7(12)13;/h4H,1-3H3,(H,12,13);/q;+1/p-1. The van der Waals surface area contributed by atoms with Crippen LogP contribution in [0.2, 0.25) is 0 Å². The maximum absolute atomic E-state index is 10.7. The first-order valence-electron chi connectivity index (χ1n) is 3.86. The Bertz CT molecular complexity index is 357. The van der Waals surface area contributed by atoms with Crippen LogP contribution in [0.25, 0.3) is 0 Å². The molecule has 0 aliphatic rings. The van der Waals surface area contributed by atoms with Crippen LogP contribution in [0.15, 0.2) is 6.20 Å². The number of aromatic carboxylic acids is 1. The molecule has 0 N–H and O–H groups in total. The zero-order chi connectivity index (χ0) is 10.7. The average Bonchev–Trinajstić information content (AvgIpc) is 2.16. The van der Waals surface area contributed by atoms with Gasteiger partial charge in [-0.25, -0.2) is 9.97 Å². The van der Waals surface area contributed by atoms with Crippen molar-refractivity contribution in [1.82, 2.24) is 9.97 Å². The van der Waals surface area contributed by atoms with Gasteiger partial charge < -0.3 is 19.5 Å². The SMILES string of the molecule is COc1cnc(N(C)C)nc1C(=O)[O-].[Li+]. The Morgan fingerprint density at radius 1 is 1.53 bits per heavy atom. The number of aromatic nitrogens is 2. The van der Waals surface area contributed by atoms with E-state index in [0.29, 0.717) is 5.95 Å². The Labute approximate surface area is 99.5 Å². The molecule has 0 atom stereocenters. The number of nitrogens with zero attached hydrogens (tertiary/aromatic N) is 3. The third kappa shape index (κ3) is 3.11.